The SMILES string of the molecule is CC12C(=O)N(c3ccccc3)C(=O)C1CC1C(=CCC3C(=O)N(CCc4ccc(O)cc4)C(=O)C31)C2c1cccc(O)c1. The van der Waals surface area contributed by atoms with Gasteiger partial charge in [0.15, 0.2) is 0 Å². The second kappa shape index (κ2) is 9.93. The number of imide groups is 2. The number of allylic oxidation sites excluding steroid dienone is 2. The fraction of sp³-hybridized carbons (Fsp3) is 0.314. The van der Waals surface area contributed by atoms with E-state index in [4.69, 9.17) is 0 Å². The highest BCUT2D eigenvalue weighted by molar-refractivity contribution is 6.24. The van der Waals surface area contributed by atoms with E-state index in [0.29, 0.717) is 24.1 Å². The number of para-hydroxylation sites is 1. The maximum atomic E-state index is 14.3. The summed E-state index contributed by atoms with van der Waals surface area (Å²) in [6.07, 6.45) is 3.14. The van der Waals surface area contributed by atoms with Gasteiger partial charge >= 0.3 is 0 Å². The summed E-state index contributed by atoms with van der Waals surface area (Å²) in [5.74, 6) is -3.63. The molecule has 0 aromatic heterocycles. The number of nitrogens with zero attached hydrogens (tertiary/aromatic N) is 2. The van der Waals surface area contributed by atoms with Crippen molar-refractivity contribution in [1.82, 2.24) is 4.90 Å². The van der Waals surface area contributed by atoms with E-state index in [2.05, 4.69) is 0 Å². The molecule has 8 nitrogen and oxygen atoms in total. The number of hydrogen-bond donors (Lipinski definition) is 2. The number of carbonyl (C=O) groups excluding carboxylic acids is 4. The number of phenolic OH excluding ortho intramolecular Hbond substituents is 2. The molecule has 2 heterocycles. The van der Waals surface area contributed by atoms with Crippen LogP contribution < -0.4 is 4.90 Å². The maximum absolute atomic E-state index is 14.3. The molecule has 3 fully saturated rings. The molecular weight excluding hydrogens is 544 g/mol. The largest absolute Gasteiger partial charge is 0.508 e. The Balaban J connectivity index is 1.28. The Morgan fingerprint density at radius 3 is 2.28 bits per heavy atom. The highest BCUT2D eigenvalue weighted by atomic mass is 16.3. The molecular formula is C35H32N2O6. The standard InChI is InChI=1S/C35H32N2O6/c1-35-28(32(41)37(34(35)43)22-7-3-2-4-8-22)19-27-25(30(35)21-6-5-9-24(39)18-21)14-15-26-29(27)33(42)36(31(26)40)17-16-20-10-12-23(38)13-11-20/h2-14,18,26-30,38-39H,15-17,19H2,1H3. The zero-order chi connectivity index (χ0) is 30.0. The minimum atomic E-state index is -1.14. The van der Waals surface area contributed by atoms with Crippen molar-refractivity contribution in [3.05, 3.63) is 102 Å². The van der Waals surface area contributed by atoms with Crippen LogP contribution in [0.25, 0.3) is 0 Å². The Bertz CT molecular complexity index is 1680. The summed E-state index contributed by atoms with van der Waals surface area (Å²) in [7, 11) is 0. The molecule has 6 atom stereocenters. The molecule has 1 saturated carbocycles. The normalized spacial score (nSPS) is 29.8. The van der Waals surface area contributed by atoms with Gasteiger partial charge in [-0.05, 0) is 79.6 Å². The molecule has 0 spiro atoms. The second-order valence-electron chi connectivity index (χ2n) is 12.3. The Labute approximate surface area is 249 Å². The lowest BCUT2D eigenvalue weighted by Gasteiger charge is -2.49. The molecule has 0 radical (unpaired) electrons. The van der Waals surface area contributed by atoms with Gasteiger partial charge < -0.3 is 10.2 Å². The van der Waals surface area contributed by atoms with Crippen LogP contribution in [0, 0.1) is 29.1 Å². The summed E-state index contributed by atoms with van der Waals surface area (Å²) in [4.78, 5) is 58.7. The Morgan fingerprint density at radius 2 is 1.56 bits per heavy atom. The fourth-order valence-electron chi connectivity index (χ4n) is 8.11. The highest BCUT2D eigenvalue weighted by Crippen LogP contribution is 2.63. The van der Waals surface area contributed by atoms with E-state index in [1.807, 2.05) is 25.1 Å². The first kappa shape index (κ1) is 27.1. The van der Waals surface area contributed by atoms with Gasteiger partial charge in [-0.3, -0.25) is 24.1 Å². The number of likely N-dealkylation sites (tertiary alicyclic amines) is 1. The van der Waals surface area contributed by atoms with Crippen LogP contribution >= 0.6 is 0 Å². The Hall–Kier alpha value is -4.72. The van der Waals surface area contributed by atoms with Gasteiger partial charge in [-0.2, -0.15) is 0 Å². The third kappa shape index (κ3) is 4.03. The van der Waals surface area contributed by atoms with Crippen LogP contribution in [0.1, 0.15) is 36.8 Å². The second-order valence-corrected chi connectivity index (χ2v) is 12.3. The van der Waals surface area contributed by atoms with E-state index >= 15 is 0 Å². The zero-order valence-corrected chi connectivity index (χ0v) is 23.7. The molecule has 0 bridgehead atoms. The molecule has 4 aliphatic rings. The zero-order valence-electron chi connectivity index (χ0n) is 23.7. The molecule has 2 saturated heterocycles. The van der Waals surface area contributed by atoms with Gasteiger partial charge in [-0.1, -0.05) is 54.1 Å². The molecule has 8 heteroatoms. The molecule has 3 aromatic rings. The minimum Gasteiger partial charge on any atom is -0.508 e. The smallest absolute Gasteiger partial charge is 0.241 e. The van der Waals surface area contributed by atoms with Crippen molar-refractivity contribution in [1.29, 1.82) is 0 Å². The fourth-order valence-corrected chi connectivity index (χ4v) is 8.11. The average molecular weight is 577 g/mol. The molecule has 3 aromatic carbocycles. The summed E-state index contributed by atoms with van der Waals surface area (Å²) in [6.45, 7) is 2.07. The highest BCUT2D eigenvalue weighted by Gasteiger charge is 2.67. The molecule has 2 aliphatic carbocycles. The van der Waals surface area contributed by atoms with Crippen molar-refractivity contribution in [2.75, 3.05) is 11.4 Å². The van der Waals surface area contributed by atoms with Crippen LogP contribution in [0.5, 0.6) is 11.5 Å². The summed E-state index contributed by atoms with van der Waals surface area (Å²) in [6, 6.07) is 22.4. The number of anilines is 1. The molecule has 4 amide bonds. The van der Waals surface area contributed by atoms with E-state index in [1.165, 1.54) is 9.80 Å². The lowest BCUT2D eigenvalue weighted by molar-refractivity contribution is -0.140. The number of benzene rings is 3. The Morgan fingerprint density at radius 1 is 0.814 bits per heavy atom. The van der Waals surface area contributed by atoms with Crippen molar-refractivity contribution in [3.63, 3.8) is 0 Å². The molecule has 6 unspecified atom stereocenters. The van der Waals surface area contributed by atoms with Crippen LogP contribution in [0.15, 0.2) is 90.5 Å². The molecule has 218 valence electrons. The topological polar surface area (TPSA) is 115 Å². The van der Waals surface area contributed by atoms with Crippen molar-refractivity contribution >= 4 is 29.3 Å². The van der Waals surface area contributed by atoms with E-state index in [1.54, 1.807) is 66.7 Å². The predicted octanol–water partition coefficient (Wildman–Crippen LogP) is 4.57. The summed E-state index contributed by atoms with van der Waals surface area (Å²) < 4.78 is 0. The number of hydrogen-bond acceptors (Lipinski definition) is 6. The number of phenols is 2. The van der Waals surface area contributed by atoms with E-state index in [9.17, 15) is 29.4 Å². The summed E-state index contributed by atoms with van der Waals surface area (Å²) in [5.41, 5.74) is 1.87. The monoisotopic (exact) mass is 576 g/mol. The first-order chi connectivity index (χ1) is 20.7. The minimum absolute atomic E-state index is 0.0540. The van der Waals surface area contributed by atoms with Gasteiger partial charge in [-0.15, -0.1) is 0 Å². The van der Waals surface area contributed by atoms with Crippen LogP contribution in [0.3, 0.4) is 0 Å². The number of carbonyl (C=O) groups is 4. The summed E-state index contributed by atoms with van der Waals surface area (Å²) >= 11 is 0. The molecule has 7 rings (SSSR count). The van der Waals surface area contributed by atoms with Crippen LogP contribution in [0.4, 0.5) is 5.69 Å². The van der Waals surface area contributed by atoms with Crippen molar-refractivity contribution in [2.45, 2.75) is 32.1 Å². The van der Waals surface area contributed by atoms with Crippen molar-refractivity contribution in [2.24, 2.45) is 29.1 Å². The third-order valence-corrected chi connectivity index (χ3v) is 10.1. The Kier molecular flexibility index (Phi) is 6.27. The molecule has 43 heavy (non-hydrogen) atoms. The number of rotatable bonds is 5. The molecule has 2 N–H and O–H groups in total. The van der Waals surface area contributed by atoms with E-state index in [0.717, 1.165) is 11.1 Å². The average Bonchev–Trinajstić information content (AvgIpc) is 3.36. The number of amides is 4. The van der Waals surface area contributed by atoms with Gasteiger partial charge in [0.05, 0.1) is 28.9 Å². The van der Waals surface area contributed by atoms with Crippen molar-refractivity contribution < 1.29 is 29.4 Å². The van der Waals surface area contributed by atoms with Crippen LogP contribution in [0.2, 0.25) is 0 Å². The number of aromatic hydroxyl groups is 2. The van der Waals surface area contributed by atoms with Gasteiger partial charge in [0.25, 0.3) is 0 Å². The first-order valence-corrected chi connectivity index (χ1v) is 14.8. The lowest BCUT2D eigenvalue weighted by atomic mass is 9.51. The first-order valence-electron chi connectivity index (χ1n) is 14.8. The van der Waals surface area contributed by atoms with Gasteiger partial charge in [-0.25, -0.2) is 4.90 Å². The quantitative estimate of drug-likeness (QED) is 0.340. The lowest BCUT2D eigenvalue weighted by Crippen LogP contribution is -2.48. The predicted molar refractivity (Wildman–Crippen MR) is 158 cm³/mol. The van der Waals surface area contributed by atoms with Gasteiger partial charge in [0, 0.05) is 12.5 Å². The van der Waals surface area contributed by atoms with E-state index < -0.39 is 35.0 Å². The number of fused-ring (bicyclic) bond motifs is 4. The van der Waals surface area contributed by atoms with Gasteiger partial charge in [0.1, 0.15) is 11.5 Å². The van der Waals surface area contributed by atoms with Crippen molar-refractivity contribution in [3.8, 4) is 11.5 Å². The summed E-state index contributed by atoms with van der Waals surface area (Å²) in [5, 5.41) is 20.0. The van der Waals surface area contributed by atoms with Crippen LogP contribution in [-0.4, -0.2) is 45.3 Å². The third-order valence-electron chi connectivity index (χ3n) is 10.1. The van der Waals surface area contributed by atoms with Gasteiger partial charge in [0.2, 0.25) is 23.6 Å². The maximum Gasteiger partial charge on any atom is 0.241 e. The van der Waals surface area contributed by atoms with E-state index in [-0.39, 0.29) is 48.1 Å². The van der Waals surface area contributed by atoms with Crippen LogP contribution in [-0.2, 0) is 25.6 Å². The molecule has 2 aliphatic heterocycles.